The molecule has 2 aliphatic rings. The van der Waals surface area contributed by atoms with Crippen LogP contribution >= 0.6 is 0 Å². The van der Waals surface area contributed by atoms with Crippen molar-refractivity contribution in [2.45, 2.75) is 12.3 Å². The zero-order valence-corrected chi connectivity index (χ0v) is 14.7. The molecule has 0 saturated carbocycles. The smallest absolute Gasteiger partial charge is 0.543 e. The molecule has 0 spiro atoms. The Labute approximate surface area is 148 Å². The zero-order valence-electron chi connectivity index (χ0n) is 11.9. The summed E-state index contributed by atoms with van der Waals surface area (Å²) in [7, 11) is -3.86. The summed E-state index contributed by atoms with van der Waals surface area (Å²) in [5, 5.41) is 9.79. The van der Waals surface area contributed by atoms with Crippen LogP contribution in [0.25, 0.3) is 0 Å². The van der Waals surface area contributed by atoms with Crippen molar-refractivity contribution in [2.75, 3.05) is 12.4 Å². The Hall–Kier alpha value is -1.38. The zero-order chi connectivity index (χ0) is 15.9. The minimum Gasteiger partial charge on any atom is -0.543 e. The molecular weight excluding hydrogens is 325 g/mol. The van der Waals surface area contributed by atoms with Gasteiger partial charge in [0.05, 0.1) is 23.0 Å². The molecule has 0 N–H and O–H groups in total. The molecule has 112 valence electrons. The van der Waals surface area contributed by atoms with Crippen LogP contribution in [0, 0.1) is 0 Å². The second-order valence-electron chi connectivity index (χ2n) is 4.45. The van der Waals surface area contributed by atoms with Crippen LogP contribution in [-0.2, 0) is 29.0 Å². The molecule has 1 fully saturated rings. The Morgan fingerprint density at radius 3 is 2.55 bits per heavy atom. The predicted molar refractivity (Wildman–Crippen MR) is 65.7 cm³/mol. The normalized spacial score (nSPS) is 22.0. The molecule has 22 heavy (non-hydrogen) atoms. The molecule has 0 bridgehead atoms. The second kappa shape index (κ2) is 6.39. The number of carboxylic acid groups (broad SMARTS) is 1. The Morgan fingerprint density at radius 1 is 1.50 bits per heavy atom. The van der Waals surface area contributed by atoms with E-state index in [0.717, 1.165) is 6.92 Å². The van der Waals surface area contributed by atoms with Gasteiger partial charge in [0.25, 0.3) is 5.91 Å². The number of aliphatic carboxylic acids is 1. The first kappa shape index (κ1) is 18.7. The molecule has 10 heteroatoms. The number of ether oxygens (including phenoxy) is 1. The van der Waals surface area contributed by atoms with E-state index in [4.69, 9.17) is 0 Å². The van der Waals surface area contributed by atoms with Crippen LogP contribution in [0.2, 0.25) is 0 Å². The van der Waals surface area contributed by atoms with Crippen LogP contribution in [0.4, 0.5) is 0 Å². The number of esters is 1. The van der Waals surface area contributed by atoms with E-state index in [1.807, 2.05) is 0 Å². The number of β-lactam (4-membered cyclic amide) rings is 1. The molecule has 1 atom stereocenters. The summed E-state index contributed by atoms with van der Waals surface area (Å²) in [5.74, 6) is -3.89. The van der Waals surface area contributed by atoms with Crippen molar-refractivity contribution in [1.29, 1.82) is 0 Å². The minimum atomic E-state index is -3.86. The van der Waals surface area contributed by atoms with E-state index in [0.29, 0.717) is 4.90 Å². The van der Waals surface area contributed by atoms with Crippen molar-refractivity contribution >= 4 is 27.7 Å². The van der Waals surface area contributed by atoms with Crippen LogP contribution in [0.1, 0.15) is 6.92 Å². The second-order valence-corrected chi connectivity index (χ2v) is 6.51. The quantitative estimate of drug-likeness (QED) is 0.166. The molecule has 1 saturated heterocycles. The van der Waals surface area contributed by atoms with E-state index in [2.05, 4.69) is 17.0 Å². The van der Waals surface area contributed by atoms with Gasteiger partial charge in [0.1, 0.15) is 6.61 Å². The average molecular weight is 335 g/mol. The Morgan fingerprint density at radius 2 is 2.09 bits per heavy atom. The van der Waals surface area contributed by atoms with E-state index in [-0.39, 0.29) is 40.7 Å². The van der Waals surface area contributed by atoms with Crippen LogP contribution in [0.3, 0.4) is 0 Å². The molecule has 0 radical (unpaired) electrons. The molecule has 0 aromatic heterocycles. The average Bonchev–Trinajstić information content (AvgIpc) is 2.36. The molecule has 2 rings (SSSR count). The van der Waals surface area contributed by atoms with Crippen molar-refractivity contribution in [2.24, 2.45) is 0 Å². The molecular formula is C12H10NNaO7S. The Bertz CT molecular complexity index is 745. The molecule has 2 aliphatic heterocycles. The third-order valence-corrected chi connectivity index (χ3v) is 4.93. The van der Waals surface area contributed by atoms with Crippen molar-refractivity contribution in [3.05, 3.63) is 29.2 Å². The van der Waals surface area contributed by atoms with Crippen LogP contribution in [-0.4, -0.2) is 48.9 Å². The molecule has 0 aromatic carbocycles. The summed E-state index contributed by atoms with van der Waals surface area (Å²) < 4.78 is 28.8. The van der Waals surface area contributed by atoms with Crippen LogP contribution in [0.5, 0.6) is 0 Å². The van der Waals surface area contributed by atoms with Gasteiger partial charge < -0.3 is 14.6 Å². The molecule has 0 aliphatic carbocycles. The van der Waals surface area contributed by atoms with Crippen molar-refractivity contribution in [3.8, 4) is 0 Å². The maximum atomic E-state index is 12.1. The molecule has 0 aromatic rings. The van der Waals surface area contributed by atoms with Crippen molar-refractivity contribution in [3.63, 3.8) is 0 Å². The number of carboxylic acids is 1. The van der Waals surface area contributed by atoms with E-state index in [1.165, 1.54) is 0 Å². The minimum absolute atomic E-state index is 0. The summed E-state index contributed by atoms with van der Waals surface area (Å²) in [6, 6.07) is 0. The number of fused-ring (bicyclic) bond motifs is 1. The van der Waals surface area contributed by atoms with Gasteiger partial charge in [-0.3, -0.25) is 14.5 Å². The van der Waals surface area contributed by atoms with Crippen LogP contribution in [0.15, 0.2) is 29.2 Å². The first-order valence-corrected chi connectivity index (χ1v) is 7.44. The molecule has 8 nitrogen and oxygen atoms in total. The van der Waals surface area contributed by atoms with Gasteiger partial charge in [-0.05, 0) is 0 Å². The van der Waals surface area contributed by atoms with Gasteiger partial charge in [-0.2, -0.15) is 0 Å². The predicted octanol–water partition coefficient (Wildman–Crippen LogP) is -5.13. The van der Waals surface area contributed by atoms with Crippen molar-refractivity contribution in [1.82, 2.24) is 4.90 Å². The summed E-state index contributed by atoms with van der Waals surface area (Å²) in [4.78, 5) is 34.4. The number of amides is 1. The number of rotatable bonds is 3. The van der Waals surface area contributed by atoms with Gasteiger partial charge in [0.2, 0.25) is 0 Å². The van der Waals surface area contributed by atoms with Gasteiger partial charge in [0.15, 0.2) is 15.2 Å². The summed E-state index contributed by atoms with van der Waals surface area (Å²) in [5.41, 5.74) is 1.20. The largest absolute Gasteiger partial charge is 1.00 e. The Kier molecular flexibility index (Phi) is 5.42. The van der Waals surface area contributed by atoms with Gasteiger partial charge in [0, 0.05) is 12.5 Å². The number of sulfone groups is 1. The first-order chi connectivity index (χ1) is 9.70. The standard InChI is InChI=1S/C12H11NO7S.Na/c1-3-8-10(15)13-9(12(16)17)7(4-20-6(2)14)5-21(18,19)11(8)13;/h11H,1,4-5H2,2H3,(H,16,17);/q;+1/p-1/t11-;/m1./s1. The maximum absolute atomic E-state index is 12.1. The van der Waals surface area contributed by atoms with Gasteiger partial charge in [-0.1, -0.05) is 6.58 Å². The SMILES string of the molecule is C=C=C1C(=O)N2C(C(=O)[O-])=C(COC(C)=O)CS(=O)(=O)[C@H]12.[Na+]. The van der Waals surface area contributed by atoms with E-state index in [1.54, 1.807) is 0 Å². The number of hydrogen-bond acceptors (Lipinski definition) is 7. The van der Waals surface area contributed by atoms with Gasteiger partial charge >= 0.3 is 35.5 Å². The monoisotopic (exact) mass is 335 g/mol. The fraction of sp³-hybridized carbons (Fsp3) is 0.333. The number of hydrogen-bond donors (Lipinski definition) is 0. The fourth-order valence-corrected chi connectivity index (χ4v) is 4.16. The summed E-state index contributed by atoms with van der Waals surface area (Å²) >= 11 is 0. The van der Waals surface area contributed by atoms with E-state index in [9.17, 15) is 27.9 Å². The van der Waals surface area contributed by atoms with Crippen molar-refractivity contribution < 1.29 is 62.2 Å². The number of carbonyl (C=O) groups excluding carboxylic acids is 3. The van der Waals surface area contributed by atoms with Gasteiger partial charge in [-0.15, -0.1) is 5.73 Å². The first-order valence-electron chi connectivity index (χ1n) is 5.72. The molecule has 0 unspecified atom stereocenters. The van der Waals surface area contributed by atoms with Crippen LogP contribution < -0.4 is 34.7 Å². The third kappa shape index (κ3) is 2.90. The number of carbonyl (C=O) groups is 3. The summed E-state index contributed by atoms with van der Waals surface area (Å²) in [6.45, 7) is 3.77. The van der Waals surface area contributed by atoms with Gasteiger partial charge in [-0.25, -0.2) is 8.42 Å². The van der Waals surface area contributed by atoms with E-state index < -0.39 is 51.1 Å². The third-order valence-electron chi connectivity index (χ3n) is 3.06. The Balaban J connectivity index is 0.00000242. The molecule has 2 heterocycles. The topological polar surface area (TPSA) is 121 Å². The summed E-state index contributed by atoms with van der Waals surface area (Å²) in [6.07, 6.45) is 0. The molecule has 1 amide bonds. The maximum Gasteiger partial charge on any atom is 1.00 e. The number of nitrogens with zero attached hydrogens (tertiary/aromatic N) is 1. The fourth-order valence-electron chi connectivity index (χ4n) is 2.23. The van der Waals surface area contributed by atoms with E-state index >= 15 is 0 Å².